The van der Waals surface area contributed by atoms with E-state index in [0.29, 0.717) is 11.5 Å². The average Bonchev–Trinajstić information content (AvgIpc) is 2.55. The average molecular weight is 346 g/mol. The number of piperidine rings is 1. The van der Waals surface area contributed by atoms with Crippen LogP contribution in [0.5, 0.6) is 0 Å². The smallest absolute Gasteiger partial charge is 0.151 e. The highest BCUT2D eigenvalue weighted by Crippen LogP contribution is 2.29. The van der Waals surface area contributed by atoms with Gasteiger partial charge in [0.25, 0.3) is 0 Å². The van der Waals surface area contributed by atoms with Crippen molar-refractivity contribution in [2.45, 2.75) is 37.3 Å². The molecule has 6 nitrogen and oxygen atoms in total. The van der Waals surface area contributed by atoms with Crippen molar-refractivity contribution in [2.75, 3.05) is 64.5 Å². The highest BCUT2D eigenvalue weighted by molar-refractivity contribution is 7.91. The van der Waals surface area contributed by atoms with Gasteiger partial charge in [-0.25, -0.2) is 8.42 Å². The Hall–Kier alpha value is -0.210. The lowest BCUT2D eigenvalue weighted by atomic mass is 9.84. The molecular weight excluding hydrogens is 314 g/mol. The summed E-state index contributed by atoms with van der Waals surface area (Å²) in [4.78, 5) is 4.98. The zero-order valence-electron chi connectivity index (χ0n) is 14.3. The molecule has 0 aliphatic carbocycles. The van der Waals surface area contributed by atoms with Crippen molar-refractivity contribution in [3.63, 3.8) is 0 Å². The van der Waals surface area contributed by atoms with Crippen molar-refractivity contribution in [3.05, 3.63) is 0 Å². The van der Waals surface area contributed by atoms with Crippen LogP contribution in [-0.2, 0) is 14.6 Å². The van der Waals surface area contributed by atoms with E-state index in [0.717, 1.165) is 71.6 Å². The Bertz CT molecular complexity index is 483. The first-order valence-corrected chi connectivity index (χ1v) is 10.8. The second-order valence-corrected chi connectivity index (χ2v) is 9.69. The van der Waals surface area contributed by atoms with Crippen LogP contribution in [0.1, 0.15) is 25.7 Å². The molecule has 3 aliphatic heterocycles. The minimum absolute atomic E-state index is 0.131. The molecule has 1 unspecified atom stereocenters. The molecule has 0 amide bonds. The predicted molar refractivity (Wildman–Crippen MR) is 91.5 cm³/mol. The maximum absolute atomic E-state index is 11.9. The van der Waals surface area contributed by atoms with Gasteiger partial charge in [-0.1, -0.05) is 0 Å². The Morgan fingerprint density at radius 1 is 1.17 bits per heavy atom. The zero-order chi connectivity index (χ0) is 16.3. The molecule has 0 saturated carbocycles. The lowest BCUT2D eigenvalue weighted by molar-refractivity contribution is -0.0454. The zero-order valence-corrected chi connectivity index (χ0v) is 15.1. The van der Waals surface area contributed by atoms with Crippen LogP contribution in [-0.4, -0.2) is 94.3 Å². The number of likely N-dealkylation sites (tertiary alicyclic amines) is 1. The van der Waals surface area contributed by atoms with Gasteiger partial charge in [-0.2, -0.15) is 0 Å². The van der Waals surface area contributed by atoms with Crippen LogP contribution in [0.15, 0.2) is 0 Å². The van der Waals surface area contributed by atoms with Gasteiger partial charge < -0.3 is 15.0 Å². The van der Waals surface area contributed by atoms with Gasteiger partial charge in [0.05, 0.1) is 24.7 Å². The van der Waals surface area contributed by atoms with E-state index in [9.17, 15) is 8.42 Å². The predicted octanol–water partition coefficient (Wildman–Crippen LogP) is -0.0502. The fourth-order valence-electron chi connectivity index (χ4n) is 4.20. The van der Waals surface area contributed by atoms with Gasteiger partial charge in [0.1, 0.15) is 0 Å². The standard InChI is InChI=1S/C16H31N3O3S/c1-18-6-4-16(5-7-18,19-8-10-22-11-9-19)14-17-15-3-2-12-23(20,21)13-15/h15,17H,2-14H2,1H3. The fraction of sp³-hybridized carbons (Fsp3) is 1.00. The largest absolute Gasteiger partial charge is 0.379 e. The number of rotatable bonds is 4. The van der Waals surface area contributed by atoms with Gasteiger partial charge >= 0.3 is 0 Å². The molecule has 1 N–H and O–H groups in total. The molecule has 0 aromatic heterocycles. The van der Waals surface area contributed by atoms with E-state index in [1.165, 1.54) is 0 Å². The van der Waals surface area contributed by atoms with E-state index in [1.54, 1.807) is 0 Å². The lowest BCUT2D eigenvalue weighted by Gasteiger charge is -2.50. The topological polar surface area (TPSA) is 61.9 Å². The maximum Gasteiger partial charge on any atom is 0.151 e. The van der Waals surface area contributed by atoms with Crippen molar-refractivity contribution >= 4 is 9.84 Å². The summed E-state index contributed by atoms with van der Waals surface area (Å²) in [6.07, 6.45) is 4.08. The molecule has 3 fully saturated rings. The lowest BCUT2D eigenvalue weighted by Crippen LogP contribution is -2.63. The number of hydrogen-bond donors (Lipinski definition) is 1. The maximum atomic E-state index is 11.9. The third-order valence-electron chi connectivity index (χ3n) is 5.78. The third kappa shape index (κ3) is 4.45. The molecule has 1 atom stereocenters. The molecule has 23 heavy (non-hydrogen) atoms. The summed E-state index contributed by atoms with van der Waals surface area (Å²) in [6.45, 7) is 6.75. The van der Waals surface area contributed by atoms with Crippen LogP contribution in [0.4, 0.5) is 0 Å². The fourth-order valence-corrected chi connectivity index (χ4v) is 5.87. The summed E-state index contributed by atoms with van der Waals surface area (Å²) in [5.41, 5.74) is 0.164. The molecule has 0 aromatic carbocycles. The quantitative estimate of drug-likeness (QED) is 0.771. The molecule has 3 saturated heterocycles. The SMILES string of the molecule is CN1CCC(CNC2CCCS(=O)(=O)C2)(N2CCOCC2)CC1. The summed E-state index contributed by atoms with van der Waals surface area (Å²) in [6, 6.07) is 0.131. The first-order valence-electron chi connectivity index (χ1n) is 8.94. The molecule has 3 heterocycles. The van der Waals surface area contributed by atoms with Crippen LogP contribution in [0.3, 0.4) is 0 Å². The normalized spacial score (nSPS) is 32.7. The Kier molecular flexibility index (Phi) is 5.63. The molecule has 7 heteroatoms. The van der Waals surface area contributed by atoms with Crippen molar-refractivity contribution in [1.82, 2.24) is 15.1 Å². The van der Waals surface area contributed by atoms with Gasteiger partial charge in [-0.05, 0) is 45.8 Å². The minimum Gasteiger partial charge on any atom is -0.379 e. The molecule has 0 aromatic rings. The van der Waals surface area contributed by atoms with Gasteiger partial charge in [-0.15, -0.1) is 0 Å². The summed E-state index contributed by atoms with van der Waals surface area (Å²) in [7, 11) is -0.658. The second-order valence-electron chi connectivity index (χ2n) is 7.46. The first-order chi connectivity index (χ1) is 11.0. The number of nitrogens with zero attached hydrogens (tertiary/aromatic N) is 2. The summed E-state index contributed by atoms with van der Waals surface area (Å²) in [5.74, 6) is 0.677. The number of sulfone groups is 1. The Morgan fingerprint density at radius 2 is 1.87 bits per heavy atom. The van der Waals surface area contributed by atoms with Crippen molar-refractivity contribution in [2.24, 2.45) is 0 Å². The van der Waals surface area contributed by atoms with Crippen molar-refractivity contribution in [3.8, 4) is 0 Å². The molecule has 134 valence electrons. The van der Waals surface area contributed by atoms with E-state index in [2.05, 4.69) is 22.2 Å². The summed E-state index contributed by atoms with van der Waals surface area (Å²) in [5, 5.41) is 3.62. The van der Waals surface area contributed by atoms with Gasteiger partial charge in [0.15, 0.2) is 9.84 Å². The molecule has 0 spiro atoms. The van der Waals surface area contributed by atoms with Crippen LogP contribution >= 0.6 is 0 Å². The Balaban J connectivity index is 1.64. The number of hydrogen-bond acceptors (Lipinski definition) is 6. The van der Waals surface area contributed by atoms with Crippen LogP contribution < -0.4 is 5.32 Å². The van der Waals surface area contributed by atoms with E-state index < -0.39 is 9.84 Å². The highest BCUT2D eigenvalue weighted by atomic mass is 32.2. The Morgan fingerprint density at radius 3 is 2.52 bits per heavy atom. The molecular formula is C16H31N3O3S. The van der Waals surface area contributed by atoms with E-state index in [-0.39, 0.29) is 11.6 Å². The minimum atomic E-state index is -2.84. The molecule has 3 aliphatic rings. The molecule has 0 bridgehead atoms. The van der Waals surface area contributed by atoms with Crippen molar-refractivity contribution in [1.29, 1.82) is 0 Å². The molecule has 0 radical (unpaired) electrons. The van der Waals surface area contributed by atoms with E-state index in [1.807, 2.05) is 0 Å². The Labute approximate surface area is 140 Å². The van der Waals surface area contributed by atoms with Crippen LogP contribution in [0.2, 0.25) is 0 Å². The molecule has 3 rings (SSSR count). The van der Waals surface area contributed by atoms with E-state index >= 15 is 0 Å². The number of nitrogens with one attached hydrogen (secondary N) is 1. The second kappa shape index (κ2) is 7.35. The van der Waals surface area contributed by atoms with Gasteiger partial charge in [0.2, 0.25) is 0 Å². The summed E-state index contributed by atoms with van der Waals surface area (Å²) >= 11 is 0. The number of morpholine rings is 1. The highest BCUT2D eigenvalue weighted by Gasteiger charge is 2.40. The van der Waals surface area contributed by atoms with Crippen LogP contribution in [0, 0.1) is 0 Å². The number of ether oxygens (including phenoxy) is 1. The van der Waals surface area contributed by atoms with E-state index in [4.69, 9.17) is 4.74 Å². The van der Waals surface area contributed by atoms with Crippen LogP contribution in [0.25, 0.3) is 0 Å². The summed E-state index contributed by atoms with van der Waals surface area (Å²) < 4.78 is 29.3. The monoisotopic (exact) mass is 345 g/mol. The van der Waals surface area contributed by atoms with Gasteiger partial charge in [-0.3, -0.25) is 4.90 Å². The van der Waals surface area contributed by atoms with Crippen molar-refractivity contribution < 1.29 is 13.2 Å². The van der Waals surface area contributed by atoms with Gasteiger partial charge in [0, 0.05) is 31.2 Å². The third-order valence-corrected chi connectivity index (χ3v) is 7.60. The first kappa shape index (κ1) is 17.6.